The fourth-order valence-corrected chi connectivity index (χ4v) is 5.13. The van der Waals surface area contributed by atoms with Crippen molar-refractivity contribution in [3.05, 3.63) is 116 Å². The second-order valence-electron chi connectivity index (χ2n) is 8.59. The molecule has 0 aliphatic heterocycles. The van der Waals surface area contributed by atoms with Crippen LogP contribution in [0.5, 0.6) is 0 Å². The molecule has 0 radical (unpaired) electrons. The zero-order chi connectivity index (χ0) is 22.5. The van der Waals surface area contributed by atoms with Crippen LogP contribution in [-0.4, -0.2) is 15.0 Å². The first-order chi connectivity index (χ1) is 16.9. The smallest absolute Gasteiger partial charge is 0.115 e. The van der Waals surface area contributed by atoms with Crippen molar-refractivity contribution < 1.29 is 0 Å². The lowest BCUT2D eigenvalue weighted by atomic mass is 9.87. The zero-order valence-corrected chi connectivity index (χ0v) is 18.3. The largest absolute Gasteiger partial charge is 0.265 e. The lowest BCUT2D eigenvalue weighted by Crippen LogP contribution is -1.90. The number of nitrogens with zero attached hydrogens (tertiary/aromatic N) is 3. The Morgan fingerprint density at radius 3 is 1.50 bits per heavy atom. The second kappa shape index (κ2) is 7.46. The van der Waals surface area contributed by atoms with Gasteiger partial charge in [-0.15, -0.1) is 0 Å². The predicted octanol–water partition coefficient (Wildman–Crippen LogP) is 7.77. The SMILES string of the molecule is c1cc(-c2ccc(-c3ccc4ccc5c(-c6cncnc6)ccc6ccc3c4c65)cc2)ccn1. The molecule has 0 N–H and O–H groups in total. The van der Waals surface area contributed by atoms with Gasteiger partial charge in [-0.2, -0.15) is 0 Å². The molecule has 3 nitrogen and oxygen atoms in total. The molecule has 158 valence electrons. The molecular weight excluding hydrogens is 414 g/mol. The molecule has 0 fully saturated rings. The van der Waals surface area contributed by atoms with Crippen LogP contribution in [0.4, 0.5) is 0 Å². The Hall–Kier alpha value is -4.63. The summed E-state index contributed by atoms with van der Waals surface area (Å²) in [6, 6.07) is 30.7. The summed E-state index contributed by atoms with van der Waals surface area (Å²) >= 11 is 0. The van der Waals surface area contributed by atoms with E-state index < -0.39 is 0 Å². The summed E-state index contributed by atoms with van der Waals surface area (Å²) in [5.74, 6) is 0. The van der Waals surface area contributed by atoms with Crippen molar-refractivity contribution in [1.29, 1.82) is 0 Å². The number of hydrogen-bond acceptors (Lipinski definition) is 3. The molecule has 3 heteroatoms. The lowest BCUT2D eigenvalue weighted by Gasteiger charge is -2.16. The molecule has 0 atom stereocenters. The maximum atomic E-state index is 4.24. The molecule has 0 unspecified atom stereocenters. The number of benzene rings is 5. The fourth-order valence-electron chi connectivity index (χ4n) is 5.13. The van der Waals surface area contributed by atoms with Gasteiger partial charge in [0.2, 0.25) is 0 Å². The van der Waals surface area contributed by atoms with Gasteiger partial charge in [0.25, 0.3) is 0 Å². The van der Waals surface area contributed by atoms with E-state index in [0.717, 1.165) is 11.1 Å². The summed E-state index contributed by atoms with van der Waals surface area (Å²) in [4.78, 5) is 12.6. The van der Waals surface area contributed by atoms with Crippen molar-refractivity contribution in [2.24, 2.45) is 0 Å². The Morgan fingerprint density at radius 2 is 0.882 bits per heavy atom. The Balaban J connectivity index is 1.46. The molecular formula is C31H19N3. The maximum Gasteiger partial charge on any atom is 0.115 e. The van der Waals surface area contributed by atoms with Gasteiger partial charge in [0.15, 0.2) is 0 Å². The van der Waals surface area contributed by atoms with Crippen LogP contribution in [0.25, 0.3) is 65.7 Å². The zero-order valence-electron chi connectivity index (χ0n) is 18.3. The van der Waals surface area contributed by atoms with E-state index in [-0.39, 0.29) is 0 Å². The van der Waals surface area contributed by atoms with Gasteiger partial charge in [-0.25, -0.2) is 9.97 Å². The Kier molecular flexibility index (Phi) is 4.15. The molecule has 34 heavy (non-hydrogen) atoms. The normalized spacial score (nSPS) is 11.5. The van der Waals surface area contributed by atoms with Gasteiger partial charge in [0.05, 0.1) is 0 Å². The first-order valence-corrected chi connectivity index (χ1v) is 11.3. The van der Waals surface area contributed by atoms with Gasteiger partial charge in [-0.1, -0.05) is 72.8 Å². The maximum absolute atomic E-state index is 4.24. The summed E-state index contributed by atoms with van der Waals surface area (Å²) in [6.07, 6.45) is 9.01. The molecule has 0 aliphatic carbocycles. The third-order valence-corrected chi connectivity index (χ3v) is 6.75. The third kappa shape index (κ3) is 2.87. The van der Waals surface area contributed by atoms with E-state index >= 15 is 0 Å². The molecule has 0 spiro atoms. The van der Waals surface area contributed by atoms with Crippen LogP contribution < -0.4 is 0 Å². The monoisotopic (exact) mass is 433 g/mol. The van der Waals surface area contributed by atoms with Gasteiger partial charge < -0.3 is 0 Å². The lowest BCUT2D eigenvalue weighted by molar-refractivity contribution is 1.17. The number of rotatable bonds is 3. The minimum absolute atomic E-state index is 1.03. The third-order valence-electron chi connectivity index (χ3n) is 6.75. The highest BCUT2D eigenvalue weighted by atomic mass is 14.8. The van der Waals surface area contributed by atoms with Crippen LogP contribution in [0.15, 0.2) is 116 Å². The Morgan fingerprint density at radius 1 is 0.382 bits per heavy atom. The highest BCUT2D eigenvalue weighted by Crippen LogP contribution is 2.42. The van der Waals surface area contributed by atoms with Crippen LogP contribution in [0.3, 0.4) is 0 Å². The van der Waals surface area contributed by atoms with Crippen LogP contribution in [-0.2, 0) is 0 Å². The summed E-state index contributed by atoms with van der Waals surface area (Å²) < 4.78 is 0. The van der Waals surface area contributed by atoms with Crippen molar-refractivity contribution in [3.8, 4) is 33.4 Å². The number of hydrogen-bond donors (Lipinski definition) is 0. The van der Waals surface area contributed by atoms with Crippen molar-refractivity contribution in [1.82, 2.24) is 15.0 Å². The average Bonchev–Trinajstić information content (AvgIpc) is 2.92. The van der Waals surface area contributed by atoms with Crippen molar-refractivity contribution in [2.75, 3.05) is 0 Å². The summed E-state index contributed by atoms with van der Waals surface area (Å²) in [5.41, 5.74) is 7.03. The predicted molar refractivity (Wildman–Crippen MR) is 140 cm³/mol. The van der Waals surface area contributed by atoms with Gasteiger partial charge >= 0.3 is 0 Å². The molecule has 5 aromatic carbocycles. The Bertz CT molecular complexity index is 1770. The van der Waals surface area contributed by atoms with E-state index in [1.165, 1.54) is 54.6 Å². The molecule has 0 saturated heterocycles. The quantitative estimate of drug-likeness (QED) is 0.267. The van der Waals surface area contributed by atoms with Gasteiger partial charge in [0.1, 0.15) is 6.33 Å². The van der Waals surface area contributed by atoms with E-state index in [1.807, 2.05) is 36.9 Å². The molecule has 7 rings (SSSR count). The molecule has 7 aromatic rings. The molecule has 2 aromatic heterocycles. The topological polar surface area (TPSA) is 38.7 Å². The minimum atomic E-state index is 1.03. The van der Waals surface area contributed by atoms with Crippen LogP contribution >= 0.6 is 0 Å². The summed E-state index contributed by atoms with van der Waals surface area (Å²) in [7, 11) is 0. The molecule has 0 bridgehead atoms. The van der Waals surface area contributed by atoms with E-state index in [2.05, 4.69) is 87.7 Å². The summed E-state index contributed by atoms with van der Waals surface area (Å²) in [6.45, 7) is 0. The van der Waals surface area contributed by atoms with Crippen LogP contribution in [0.1, 0.15) is 0 Å². The van der Waals surface area contributed by atoms with Crippen LogP contribution in [0, 0.1) is 0 Å². The van der Waals surface area contributed by atoms with E-state index in [4.69, 9.17) is 0 Å². The fraction of sp³-hybridized carbons (Fsp3) is 0. The molecule has 2 heterocycles. The highest BCUT2D eigenvalue weighted by molar-refractivity contribution is 6.27. The first kappa shape index (κ1) is 18.9. The number of aromatic nitrogens is 3. The minimum Gasteiger partial charge on any atom is -0.265 e. The first-order valence-electron chi connectivity index (χ1n) is 11.3. The van der Waals surface area contributed by atoms with Crippen molar-refractivity contribution >= 4 is 32.3 Å². The Labute approximate surface area is 196 Å². The van der Waals surface area contributed by atoms with Crippen molar-refractivity contribution in [3.63, 3.8) is 0 Å². The van der Waals surface area contributed by atoms with E-state index in [0.29, 0.717) is 0 Å². The van der Waals surface area contributed by atoms with Crippen LogP contribution in [0.2, 0.25) is 0 Å². The molecule has 0 saturated carbocycles. The molecule has 0 amide bonds. The number of pyridine rings is 1. The second-order valence-corrected chi connectivity index (χ2v) is 8.59. The van der Waals surface area contributed by atoms with Gasteiger partial charge in [-0.3, -0.25) is 4.98 Å². The summed E-state index contributed by atoms with van der Waals surface area (Å²) in [5, 5.41) is 7.62. The molecule has 0 aliphatic rings. The standard InChI is InChI=1S/C31H19N3/c1-3-22(4-2-20(1)21-13-15-32-16-14-21)26-9-5-23-8-12-29-27(25-17-33-19-34-18-25)10-6-24-7-11-28(26)30(23)31(24)29/h1-19H. The van der Waals surface area contributed by atoms with Gasteiger partial charge in [0, 0.05) is 30.4 Å². The van der Waals surface area contributed by atoms with Crippen molar-refractivity contribution in [2.45, 2.75) is 0 Å². The average molecular weight is 434 g/mol. The van der Waals surface area contributed by atoms with E-state index in [9.17, 15) is 0 Å². The van der Waals surface area contributed by atoms with E-state index in [1.54, 1.807) is 6.33 Å². The van der Waals surface area contributed by atoms with Gasteiger partial charge in [-0.05, 0) is 72.3 Å². The highest BCUT2D eigenvalue weighted by Gasteiger charge is 2.15.